The van der Waals surface area contributed by atoms with E-state index in [1.165, 1.54) is 0 Å². The number of hydrogen-bond acceptors (Lipinski definition) is 4. The molecule has 1 aliphatic rings. The van der Waals surface area contributed by atoms with Crippen LogP contribution in [0, 0.1) is 0 Å². The standard InChI is InChI=1S/C18H38N2O2/c1-11(2)19-15-9-18(22-14(7)8)16(20-12(3)4)10-17(15)21-13(5)6/h11-20H,9-10H2,1-8H3. The molecule has 0 saturated heterocycles. The Labute approximate surface area is 137 Å². The molecule has 0 radical (unpaired) electrons. The molecule has 0 bridgehead atoms. The number of ether oxygens (including phenoxy) is 2. The SMILES string of the molecule is CC(C)NC1CC(OC(C)C)C(NC(C)C)CC1OC(C)C. The Morgan fingerprint density at radius 1 is 0.636 bits per heavy atom. The monoisotopic (exact) mass is 314 g/mol. The van der Waals surface area contributed by atoms with Gasteiger partial charge in [0.1, 0.15) is 0 Å². The molecule has 0 aromatic heterocycles. The molecule has 0 spiro atoms. The lowest BCUT2D eigenvalue weighted by Gasteiger charge is -2.44. The third-order valence-electron chi connectivity index (χ3n) is 3.86. The van der Waals surface area contributed by atoms with E-state index < -0.39 is 0 Å². The van der Waals surface area contributed by atoms with Crippen LogP contribution in [0.2, 0.25) is 0 Å². The first-order chi connectivity index (χ1) is 10.2. The molecule has 4 unspecified atom stereocenters. The van der Waals surface area contributed by atoms with Gasteiger partial charge in [-0.1, -0.05) is 27.7 Å². The minimum Gasteiger partial charge on any atom is -0.374 e. The van der Waals surface area contributed by atoms with Crippen molar-refractivity contribution in [3.63, 3.8) is 0 Å². The number of nitrogens with one attached hydrogen (secondary N) is 2. The maximum atomic E-state index is 6.21. The van der Waals surface area contributed by atoms with E-state index in [0.717, 1.165) is 12.8 Å². The second-order valence-corrected chi connectivity index (χ2v) is 7.77. The lowest BCUT2D eigenvalue weighted by atomic mass is 9.85. The topological polar surface area (TPSA) is 42.5 Å². The molecular formula is C18H38N2O2. The molecule has 132 valence electrons. The van der Waals surface area contributed by atoms with Crippen molar-refractivity contribution in [3.05, 3.63) is 0 Å². The van der Waals surface area contributed by atoms with Gasteiger partial charge in [-0.15, -0.1) is 0 Å². The van der Waals surface area contributed by atoms with Crippen molar-refractivity contribution in [2.24, 2.45) is 0 Å². The van der Waals surface area contributed by atoms with Gasteiger partial charge in [0, 0.05) is 24.2 Å². The molecule has 4 heteroatoms. The summed E-state index contributed by atoms with van der Waals surface area (Å²) in [5.41, 5.74) is 0. The predicted molar refractivity (Wildman–Crippen MR) is 93.4 cm³/mol. The molecule has 4 atom stereocenters. The van der Waals surface area contributed by atoms with Gasteiger partial charge in [-0.25, -0.2) is 0 Å². The molecule has 4 nitrogen and oxygen atoms in total. The minimum absolute atomic E-state index is 0.241. The van der Waals surface area contributed by atoms with Crippen LogP contribution in [0.3, 0.4) is 0 Å². The Kier molecular flexibility index (Phi) is 8.33. The van der Waals surface area contributed by atoms with Gasteiger partial charge >= 0.3 is 0 Å². The van der Waals surface area contributed by atoms with Crippen LogP contribution in [-0.2, 0) is 9.47 Å². The van der Waals surface area contributed by atoms with Gasteiger partial charge in [-0.3, -0.25) is 0 Å². The van der Waals surface area contributed by atoms with Crippen LogP contribution in [0.4, 0.5) is 0 Å². The summed E-state index contributed by atoms with van der Waals surface area (Å²) in [6, 6.07) is 1.63. The van der Waals surface area contributed by atoms with E-state index in [4.69, 9.17) is 9.47 Å². The van der Waals surface area contributed by atoms with E-state index in [-0.39, 0.29) is 24.4 Å². The van der Waals surface area contributed by atoms with Crippen LogP contribution >= 0.6 is 0 Å². The first-order valence-electron chi connectivity index (χ1n) is 9.02. The fraction of sp³-hybridized carbons (Fsp3) is 1.00. The molecule has 1 fully saturated rings. The fourth-order valence-electron chi connectivity index (χ4n) is 3.34. The molecule has 0 aromatic carbocycles. The smallest absolute Gasteiger partial charge is 0.0748 e. The molecule has 0 heterocycles. The van der Waals surface area contributed by atoms with Crippen molar-refractivity contribution in [2.75, 3.05) is 0 Å². The largest absolute Gasteiger partial charge is 0.374 e. The van der Waals surface area contributed by atoms with Gasteiger partial charge in [0.15, 0.2) is 0 Å². The maximum absolute atomic E-state index is 6.21. The van der Waals surface area contributed by atoms with Crippen molar-refractivity contribution in [3.8, 4) is 0 Å². The van der Waals surface area contributed by atoms with E-state index in [9.17, 15) is 0 Å². The fourth-order valence-corrected chi connectivity index (χ4v) is 3.34. The van der Waals surface area contributed by atoms with E-state index in [1.807, 2.05) is 0 Å². The molecule has 2 N–H and O–H groups in total. The van der Waals surface area contributed by atoms with Gasteiger partial charge in [0.05, 0.1) is 24.4 Å². The van der Waals surface area contributed by atoms with Gasteiger partial charge < -0.3 is 20.1 Å². The Morgan fingerprint density at radius 3 is 1.18 bits per heavy atom. The third kappa shape index (κ3) is 6.95. The van der Waals surface area contributed by atoms with Gasteiger partial charge in [0.2, 0.25) is 0 Å². The summed E-state index contributed by atoms with van der Waals surface area (Å²) >= 11 is 0. The summed E-state index contributed by atoms with van der Waals surface area (Å²) in [7, 11) is 0. The highest BCUT2D eigenvalue weighted by Crippen LogP contribution is 2.27. The molecule has 1 saturated carbocycles. The Balaban J connectivity index is 2.83. The van der Waals surface area contributed by atoms with E-state index in [1.54, 1.807) is 0 Å². The normalized spacial score (nSPS) is 30.0. The summed E-state index contributed by atoms with van der Waals surface area (Å²) in [5.74, 6) is 0. The van der Waals surface area contributed by atoms with Crippen molar-refractivity contribution in [1.29, 1.82) is 0 Å². The lowest BCUT2D eigenvalue weighted by Crippen LogP contribution is -2.59. The highest BCUT2D eigenvalue weighted by atomic mass is 16.5. The number of rotatable bonds is 8. The first-order valence-corrected chi connectivity index (χ1v) is 9.02. The predicted octanol–water partition coefficient (Wildman–Crippen LogP) is 3.10. The van der Waals surface area contributed by atoms with Crippen LogP contribution in [-0.4, -0.2) is 48.6 Å². The highest BCUT2D eigenvalue weighted by molar-refractivity contribution is 4.96. The second kappa shape index (κ2) is 9.21. The number of hydrogen-bond donors (Lipinski definition) is 2. The average Bonchev–Trinajstić information content (AvgIpc) is 2.31. The van der Waals surface area contributed by atoms with E-state index >= 15 is 0 Å². The molecule has 0 aliphatic heterocycles. The van der Waals surface area contributed by atoms with Crippen molar-refractivity contribution < 1.29 is 9.47 Å². The van der Waals surface area contributed by atoms with Crippen molar-refractivity contribution >= 4 is 0 Å². The van der Waals surface area contributed by atoms with Crippen LogP contribution in [0.5, 0.6) is 0 Å². The van der Waals surface area contributed by atoms with Crippen molar-refractivity contribution in [2.45, 2.75) is 117 Å². The van der Waals surface area contributed by atoms with Crippen LogP contribution in [0.25, 0.3) is 0 Å². The zero-order chi connectivity index (χ0) is 16.9. The van der Waals surface area contributed by atoms with Crippen LogP contribution in [0.15, 0.2) is 0 Å². The van der Waals surface area contributed by atoms with Gasteiger partial charge in [-0.2, -0.15) is 0 Å². The summed E-state index contributed by atoms with van der Waals surface area (Å²) < 4.78 is 12.4. The van der Waals surface area contributed by atoms with Crippen molar-refractivity contribution in [1.82, 2.24) is 10.6 Å². The van der Waals surface area contributed by atoms with Gasteiger partial charge in [0.25, 0.3) is 0 Å². The third-order valence-corrected chi connectivity index (χ3v) is 3.86. The lowest BCUT2D eigenvalue weighted by molar-refractivity contribution is -0.0982. The highest BCUT2D eigenvalue weighted by Gasteiger charge is 2.39. The molecule has 0 amide bonds. The zero-order valence-electron chi connectivity index (χ0n) is 15.8. The Morgan fingerprint density at radius 2 is 0.955 bits per heavy atom. The second-order valence-electron chi connectivity index (χ2n) is 7.77. The average molecular weight is 315 g/mol. The molecular weight excluding hydrogens is 276 g/mol. The van der Waals surface area contributed by atoms with Crippen LogP contribution < -0.4 is 10.6 Å². The summed E-state index contributed by atoms with van der Waals surface area (Å²) in [6.45, 7) is 17.3. The summed E-state index contributed by atoms with van der Waals surface area (Å²) in [6.07, 6.45) is 2.99. The van der Waals surface area contributed by atoms with Crippen LogP contribution in [0.1, 0.15) is 68.2 Å². The maximum Gasteiger partial charge on any atom is 0.0748 e. The Hall–Kier alpha value is -0.160. The zero-order valence-corrected chi connectivity index (χ0v) is 15.8. The first kappa shape index (κ1) is 19.9. The molecule has 1 aliphatic carbocycles. The summed E-state index contributed by atoms with van der Waals surface area (Å²) in [5, 5.41) is 7.36. The van der Waals surface area contributed by atoms with E-state index in [0.29, 0.717) is 24.2 Å². The molecule has 0 aromatic rings. The Bertz CT molecular complexity index is 247. The summed E-state index contributed by atoms with van der Waals surface area (Å²) in [4.78, 5) is 0. The van der Waals surface area contributed by atoms with E-state index in [2.05, 4.69) is 66.0 Å². The molecule has 1 rings (SSSR count). The quantitative estimate of drug-likeness (QED) is 0.722. The van der Waals surface area contributed by atoms with Gasteiger partial charge in [-0.05, 0) is 40.5 Å². The minimum atomic E-state index is 0.241. The molecule has 22 heavy (non-hydrogen) atoms.